The molecule has 0 bridgehead atoms. The van der Waals surface area contributed by atoms with Gasteiger partial charge in [0.15, 0.2) is 12.7 Å². The van der Waals surface area contributed by atoms with Gasteiger partial charge >= 0.3 is 5.97 Å². The number of amides is 1. The summed E-state index contributed by atoms with van der Waals surface area (Å²) in [6, 6.07) is 13.4. The molecule has 0 aliphatic rings. The SMILES string of the molecule is Cc1nn(C)c(C)c1NC(=O)[C@H](C)OC(=O)COc1ccc2ccccc2c1. The van der Waals surface area contributed by atoms with Gasteiger partial charge in [-0.25, -0.2) is 4.79 Å². The van der Waals surface area contributed by atoms with Crippen molar-refractivity contribution in [2.45, 2.75) is 26.9 Å². The number of hydrogen-bond donors (Lipinski definition) is 1. The standard InChI is InChI=1S/C21H23N3O4/c1-13-20(14(2)24(4)23-13)22-21(26)15(3)28-19(25)12-27-18-10-9-16-7-5-6-8-17(16)11-18/h5-11,15H,12H2,1-4H3,(H,22,26)/t15-/m0/s1. The number of hydrogen-bond acceptors (Lipinski definition) is 5. The molecule has 7 heteroatoms. The van der Waals surface area contributed by atoms with Crippen molar-refractivity contribution in [1.82, 2.24) is 9.78 Å². The van der Waals surface area contributed by atoms with Gasteiger partial charge < -0.3 is 14.8 Å². The third-order valence-electron chi connectivity index (χ3n) is 4.51. The van der Waals surface area contributed by atoms with E-state index in [2.05, 4.69) is 10.4 Å². The molecule has 1 amide bonds. The largest absolute Gasteiger partial charge is 0.482 e. The molecule has 28 heavy (non-hydrogen) atoms. The van der Waals surface area contributed by atoms with Gasteiger partial charge in [-0.2, -0.15) is 5.10 Å². The lowest BCUT2D eigenvalue weighted by atomic mass is 10.1. The highest BCUT2D eigenvalue weighted by atomic mass is 16.6. The van der Waals surface area contributed by atoms with Crippen LogP contribution in [0.5, 0.6) is 5.75 Å². The average molecular weight is 381 g/mol. The Balaban J connectivity index is 1.53. The van der Waals surface area contributed by atoms with E-state index in [9.17, 15) is 9.59 Å². The number of carbonyl (C=O) groups excluding carboxylic acids is 2. The van der Waals surface area contributed by atoms with Crippen LogP contribution in [0.15, 0.2) is 42.5 Å². The lowest BCUT2D eigenvalue weighted by Gasteiger charge is -2.14. The zero-order valence-corrected chi connectivity index (χ0v) is 16.4. The highest BCUT2D eigenvalue weighted by Crippen LogP contribution is 2.21. The number of carbonyl (C=O) groups is 2. The Hall–Kier alpha value is -3.35. The number of anilines is 1. The summed E-state index contributed by atoms with van der Waals surface area (Å²) in [4.78, 5) is 24.4. The molecule has 0 spiro atoms. The molecule has 0 saturated carbocycles. The molecular weight excluding hydrogens is 358 g/mol. The lowest BCUT2D eigenvalue weighted by molar-refractivity contribution is -0.155. The summed E-state index contributed by atoms with van der Waals surface area (Å²) in [6.07, 6.45) is -0.952. The number of nitrogens with one attached hydrogen (secondary N) is 1. The Bertz CT molecular complexity index is 1030. The Morgan fingerprint density at radius 2 is 1.86 bits per heavy atom. The van der Waals surface area contributed by atoms with Gasteiger partial charge in [-0.15, -0.1) is 0 Å². The molecule has 3 aromatic rings. The highest BCUT2D eigenvalue weighted by Gasteiger charge is 2.21. The number of benzene rings is 2. The fourth-order valence-corrected chi connectivity index (χ4v) is 2.86. The van der Waals surface area contributed by atoms with E-state index in [1.54, 1.807) is 24.7 Å². The summed E-state index contributed by atoms with van der Waals surface area (Å²) >= 11 is 0. The predicted octanol–water partition coefficient (Wildman–Crippen LogP) is 3.14. The number of rotatable bonds is 6. The van der Waals surface area contributed by atoms with Crippen molar-refractivity contribution in [2.75, 3.05) is 11.9 Å². The quantitative estimate of drug-likeness (QED) is 0.664. The van der Waals surface area contributed by atoms with E-state index >= 15 is 0 Å². The van der Waals surface area contributed by atoms with Crippen LogP contribution in [0.2, 0.25) is 0 Å². The Labute approximate surface area is 163 Å². The van der Waals surface area contributed by atoms with Gasteiger partial charge in [0.1, 0.15) is 5.75 Å². The van der Waals surface area contributed by atoms with Crippen molar-refractivity contribution in [3.63, 3.8) is 0 Å². The summed E-state index contributed by atoms with van der Waals surface area (Å²) in [5.74, 6) is -0.469. The molecule has 0 saturated heterocycles. The van der Waals surface area contributed by atoms with Gasteiger partial charge in [-0.3, -0.25) is 9.48 Å². The fraction of sp³-hybridized carbons (Fsp3) is 0.286. The molecule has 1 N–H and O–H groups in total. The van der Waals surface area contributed by atoms with Crippen LogP contribution in [0.3, 0.4) is 0 Å². The number of aryl methyl sites for hydroxylation is 2. The second kappa shape index (κ2) is 8.12. The first-order chi connectivity index (χ1) is 13.3. The van der Waals surface area contributed by atoms with Crippen LogP contribution in [0, 0.1) is 13.8 Å². The van der Waals surface area contributed by atoms with Crippen molar-refractivity contribution < 1.29 is 19.1 Å². The minimum Gasteiger partial charge on any atom is -0.482 e. The molecule has 0 unspecified atom stereocenters. The molecular formula is C21H23N3O4. The van der Waals surface area contributed by atoms with Gasteiger partial charge in [-0.05, 0) is 43.7 Å². The molecule has 2 aromatic carbocycles. The minimum absolute atomic E-state index is 0.277. The van der Waals surface area contributed by atoms with Gasteiger partial charge in [0.05, 0.1) is 17.1 Å². The summed E-state index contributed by atoms with van der Waals surface area (Å²) in [6.45, 7) is 4.89. The minimum atomic E-state index is -0.952. The Morgan fingerprint density at radius 3 is 2.54 bits per heavy atom. The lowest BCUT2D eigenvalue weighted by Crippen LogP contribution is -2.32. The molecule has 1 aromatic heterocycles. The third kappa shape index (κ3) is 4.31. The second-order valence-electron chi connectivity index (χ2n) is 6.59. The first-order valence-corrected chi connectivity index (χ1v) is 8.97. The molecule has 146 valence electrons. The van der Waals surface area contributed by atoms with Crippen molar-refractivity contribution in [3.05, 3.63) is 53.9 Å². The number of fused-ring (bicyclic) bond motifs is 1. The predicted molar refractivity (Wildman–Crippen MR) is 106 cm³/mol. The maximum atomic E-state index is 12.3. The first kappa shape index (κ1) is 19.4. The van der Waals surface area contributed by atoms with Crippen LogP contribution in [0.25, 0.3) is 10.8 Å². The van der Waals surface area contributed by atoms with E-state index in [0.717, 1.165) is 16.5 Å². The monoisotopic (exact) mass is 381 g/mol. The van der Waals surface area contributed by atoms with Crippen LogP contribution in [0.1, 0.15) is 18.3 Å². The zero-order chi connectivity index (χ0) is 20.3. The number of ether oxygens (including phenoxy) is 2. The van der Waals surface area contributed by atoms with Gasteiger partial charge in [0.25, 0.3) is 5.91 Å². The number of nitrogens with zero attached hydrogens (tertiary/aromatic N) is 2. The van der Waals surface area contributed by atoms with E-state index in [-0.39, 0.29) is 6.61 Å². The molecule has 0 radical (unpaired) electrons. The Kier molecular flexibility index (Phi) is 5.63. The van der Waals surface area contributed by atoms with Gasteiger partial charge in [0.2, 0.25) is 0 Å². The summed E-state index contributed by atoms with van der Waals surface area (Å²) in [7, 11) is 1.80. The zero-order valence-electron chi connectivity index (χ0n) is 16.4. The van der Waals surface area contributed by atoms with Crippen molar-refractivity contribution in [3.8, 4) is 5.75 Å². The molecule has 1 heterocycles. The first-order valence-electron chi connectivity index (χ1n) is 8.97. The molecule has 0 fully saturated rings. The van der Waals surface area contributed by atoms with Crippen LogP contribution in [0.4, 0.5) is 5.69 Å². The topological polar surface area (TPSA) is 82.5 Å². The maximum absolute atomic E-state index is 12.3. The van der Waals surface area contributed by atoms with E-state index in [1.165, 1.54) is 6.92 Å². The van der Waals surface area contributed by atoms with Crippen LogP contribution < -0.4 is 10.1 Å². The molecule has 0 aliphatic heterocycles. The van der Waals surface area contributed by atoms with Gasteiger partial charge in [-0.1, -0.05) is 30.3 Å². The smallest absolute Gasteiger partial charge is 0.344 e. The van der Waals surface area contributed by atoms with Crippen LogP contribution >= 0.6 is 0 Å². The van der Waals surface area contributed by atoms with E-state index in [0.29, 0.717) is 17.1 Å². The van der Waals surface area contributed by atoms with Crippen LogP contribution in [-0.2, 0) is 21.4 Å². The summed E-state index contributed by atoms with van der Waals surface area (Å²) in [5.41, 5.74) is 2.15. The molecule has 3 rings (SSSR count). The molecule has 0 aliphatic carbocycles. The van der Waals surface area contributed by atoms with E-state index < -0.39 is 18.0 Å². The average Bonchev–Trinajstić information content (AvgIpc) is 2.92. The van der Waals surface area contributed by atoms with Gasteiger partial charge in [0, 0.05) is 7.05 Å². The molecule has 1 atom stereocenters. The fourth-order valence-electron chi connectivity index (χ4n) is 2.86. The van der Waals surface area contributed by atoms with Crippen molar-refractivity contribution in [2.24, 2.45) is 7.05 Å². The normalized spacial score (nSPS) is 11.9. The Morgan fingerprint density at radius 1 is 1.14 bits per heavy atom. The number of aromatic nitrogens is 2. The maximum Gasteiger partial charge on any atom is 0.344 e. The summed E-state index contributed by atoms with van der Waals surface area (Å²) in [5, 5.41) is 9.10. The van der Waals surface area contributed by atoms with Crippen molar-refractivity contribution in [1.29, 1.82) is 0 Å². The third-order valence-corrected chi connectivity index (χ3v) is 4.51. The van der Waals surface area contributed by atoms with E-state index in [4.69, 9.17) is 9.47 Å². The second-order valence-corrected chi connectivity index (χ2v) is 6.59. The van der Waals surface area contributed by atoms with Crippen LogP contribution in [-0.4, -0.2) is 34.4 Å². The number of esters is 1. The van der Waals surface area contributed by atoms with Crippen molar-refractivity contribution >= 4 is 28.3 Å². The van der Waals surface area contributed by atoms with E-state index in [1.807, 2.05) is 43.3 Å². The molecule has 7 nitrogen and oxygen atoms in total. The summed E-state index contributed by atoms with van der Waals surface area (Å²) < 4.78 is 12.4. The highest BCUT2D eigenvalue weighted by molar-refractivity contribution is 5.96.